The van der Waals surface area contributed by atoms with E-state index in [4.69, 9.17) is 9.47 Å². The molecule has 0 radical (unpaired) electrons. The van der Waals surface area contributed by atoms with Gasteiger partial charge in [0.2, 0.25) is 0 Å². The normalized spacial score (nSPS) is 13.8. The van der Waals surface area contributed by atoms with Crippen LogP contribution in [0.1, 0.15) is 39.2 Å². The topological polar surface area (TPSA) is 110 Å². The number of ether oxygens (including phenoxy) is 2. The molecule has 8 nitrogen and oxygen atoms in total. The van der Waals surface area contributed by atoms with E-state index in [9.17, 15) is 14.7 Å². The van der Waals surface area contributed by atoms with Crippen molar-refractivity contribution >= 4 is 34.1 Å². The highest BCUT2D eigenvalue weighted by molar-refractivity contribution is 7.14. The largest absolute Gasteiger partial charge is 0.507 e. The second-order valence-corrected chi connectivity index (χ2v) is 9.20. The Labute approximate surface area is 219 Å². The van der Waals surface area contributed by atoms with Gasteiger partial charge in [0.1, 0.15) is 5.75 Å². The van der Waals surface area contributed by atoms with Gasteiger partial charge in [-0.2, -0.15) is 0 Å². The summed E-state index contributed by atoms with van der Waals surface area (Å²) >= 11 is 1.38. The van der Waals surface area contributed by atoms with Gasteiger partial charge in [0, 0.05) is 28.0 Å². The summed E-state index contributed by atoms with van der Waals surface area (Å²) in [6, 6.07) is 14.5. The number of nitrogens with one attached hydrogen (secondary N) is 2. The van der Waals surface area contributed by atoms with Crippen molar-refractivity contribution in [3.05, 3.63) is 82.0 Å². The first-order valence-electron chi connectivity index (χ1n) is 12.0. The third-order valence-corrected chi connectivity index (χ3v) is 6.71. The first-order chi connectivity index (χ1) is 17.8. The maximum Gasteiger partial charge on any atom is 0.336 e. The van der Waals surface area contributed by atoms with Crippen molar-refractivity contribution < 1.29 is 24.2 Å². The molecule has 0 spiro atoms. The van der Waals surface area contributed by atoms with E-state index in [-0.39, 0.29) is 19.0 Å². The molecule has 0 bridgehead atoms. The molecular weight excluding hydrogens is 490 g/mol. The monoisotopic (exact) mass is 519 g/mol. The SMILES string of the molecule is CCOC(=O)C1=C(C)NC(C)=C(C(=O)OCC)C1c1ccccc1Nc1nc(-c2ccccc2O)cs1. The Morgan fingerprint density at radius 1 is 0.973 bits per heavy atom. The van der Waals surface area contributed by atoms with Crippen LogP contribution < -0.4 is 10.6 Å². The number of aromatic nitrogens is 1. The minimum Gasteiger partial charge on any atom is -0.507 e. The molecule has 4 rings (SSSR count). The maximum atomic E-state index is 13.1. The van der Waals surface area contributed by atoms with Gasteiger partial charge in [-0.25, -0.2) is 14.6 Å². The zero-order chi connectivity index (χ0) is 26.5. The average molecular weight is 520 g/mol. The second-order valence-electron chi connectivity index (χ2n) is 8.34. The molecule has 0 atom stereocenters. The molecule has 0 aliphatic carbocycles. The number of benzene rings is 2. The third-order valence-electron chi connectivity index (χ3n) is 5.95. The van der Waals surface area contributed by atoms with Gasteiger partial charge in [-0.15, -0.1) is 11.3 Å². The summed E-state index contributed by atoms with van der Waals surface area (Å²) in [4.78, 5) is 30.9. The fraction of sp³-hybridized carbons (Fsp3) is 0.250. The number of rotatable bonds is 8. The molecule has 3 N–H and O–H groups in total. The lowest BCUT2D eigenvalue weighted by Crippen LogP contribution is -2.32. The summed E-state index contributed by atoms with van der Waals surface area (Å²) in [5, 5.41) is 19.2. The van der Waals surface area contributed by atoms with Crippen molar-refractivity contribution in [1.29, 1.82) is 0 Å². The first kappa shape index (κ1) is 26.0. The Morgan fingerprint density at radius 2 is 1.57 bits per heavy atom. The molecule has 1 aliphatic heterocycles. The zero-order valence-electron chi connectivity index (χ0n) is 21.1. The standard InChI is InChI=1S/C28H29N3O5S/c1-5-35-26(33)23-16(3)29-17(4)24(27(34)36-6-2)25(23)19-12-7-9-13-20(19)30-28-31-21(15-37-28)18-11-8-10-14-22(18)32/h7-15,25,29,32H,5-6H2,1-4H3,(H,30,31). The van der Waals surface area contributed by atoms with E-state index in [1.807, 2.05) is 35.7 Å². The van der Waals surface area contributed by atoms with Crippen LogP contribution in [-0.2, 0) is 19.1 Å². The number of phenolic OH excluding ortho intramolecular Hbond substituents is 1. The summed E-state index contributed by atoms with van der Waals surface area (Å²) < 4.78 is 10.8. The second kappa shape index (κ2) is 11.3. The maximum absolute atomic E-state index is 13.1. The van der Waals surface area contributed by atoms with E-state index >= 15 is 0 Å². The highest BCUT2D eigenvalue weighted by atomic mass is 32.1. The van der Waals surface area contributed by atoms with Crippen LogP contribution in [0.15, 0.2) is 76.5 Å². The van der Waals surface area contributed by atoms with Crippen LogP contribution >= 0.6 is 11.3 Å². The van der Waals surface area contributed by atoms with E-state index in [1.165, 1.54) is 11.3 Å². The van der Waals surface area contributed by atoms with Crippen LogP contribution in [0.4, 0.5) is 10.8 Å². The molecular formula is C28H29N3O5S. The Hall–Kier alpha value is -4.11. The number of carbonyl (C=O) groups is 2. The van der Waals surface area contributed by atoms with Crippen molar-refractivity contribution in [2.45, 2.75) is 33.6 Å². The molecule has 0 saturated heterocycles. The van der Waals surface area contributed by atoms with E-state index in [1.54, 1.807) is 45.9 Å². The van der Waals surface area contributed by atoms with Crippen LogP contribution in [0.25, 0.3) is 11.3 Å². The minimum absolute atomic E-state index is 0.147. The van der Waals surface area contributed by atoms with Gasteiger partial charge in [-0.1, -0.05) is 30.3 Å². The van der Waals surface area contributed by atoms with E-state index in [0.717, 1.165) is 0 Å². The quantitative estimate of drug-likeness (QED) is 0.329. The number of hydrogen-bond donors (Lipinski definition) is 3. The van der Waals surface area contributed by atoms with Gasteiger partial charge in [0.25, 0.3) is 0 Å². The smallest absolute Gasteiger partial charge is 0.336 e. The third kappa shape index (κ3) is 5.36. The van der Waals surface area contributed by atoms with Gasteiger partial charge < -0.3 is 25.2 Å². The highest BCUT2D eigenvalue weighted by Crippen LogP contribution is 2.43. The Bertz CT molecular complexity index is 1350. The minimum atomic E-state index is -0.722. The number of aromatic hydroxyl groups is 1. The molecule has 2 aromatic carbocycles. The van der Waals surface area contributed by atoms with Crippen molar-refractivity contribution in [3.63, 3.8) is 0 Å². The molecule has 37 heavy (non-hydrogen) atoms. The molecule has 0 amide bonds. The molecule has 1 aromatic heterocycles. The number of dihydropyridines is 1. The number of esters is 2. The Morgan fingerprint density at radius 3 is 2.19 bits per heavy atom. The summed E-state index contributed by atoms with van der Waals surface area (Å²) in [5.74, 6) is -1.58. The number of phenols is 1. The average Bonchev–Trinajstić information content (AvgIpc) is 3.32. The summed E-state index contributed by atoms with van der Waals surface area (Å²) in [6.45, 7) is 7.47. The summed E-state index contributed by atoms with van der Waals surface area (Å²) in [7, 11) is 0. The molecule has 0 fully saturated rings. The van der Waals surface area contributed by atoms with Gasteiger partial charge in [0.15, 0.2) is 5.13 Å². The number of nitrogens with zero attached hydrogens (tertiary/aromatic N) is 1. The molecule has 9 heteroatoms. The lowest BCUT2D eigenvalue weighted by Gasteiger charge is -2.31. The van der Waals surface area contributed by atoms with Crippen LogP contribution in [0.3, 0.4) is 0 Å². The fourth-order valence-electron chi connectivity index (χ4n) is 4.39. The number of carbonyl (C=O) groups excluding carboxylic acids is 2. The van der Waals surface area contributed by atoms with Crippen molar-refractivity contribution in [2.75, 3.05) is 18.5 Å². The van der Waals surface area contributed by atoms with Crippen LogP contribution in [-0.4, -0.2) is 35.2 Å². The predicted octanol–water partition coefficient (Wildman–Crippen LogP) is 5.62. The Kier molecular flexibility index (Phi) is 7.93. The van der Waals surface area contributed by atoms with Crippen molar-refractivity contribution in [1.82, 2.24) is 10.3 Å². The van der Waals surface area contributed by atoms with E-state index in [2.05, 4.69) is 15.6 Å². The Balaban J connectivity index is 1.79. The lowest BCUT2D eigenvalue weighted by molar-refractivity contribution is -0.139. The summed E-state index contributed by atoms with van der Waals surface area (Å²) in [6.07, 6.45) is 0. The van der Waals surface area contributed by atoms with Crippen molar-refractivity contribution in [3.8, 4) is 17.0 Å². The van der Waals surface area contributed by atoms with Gasteiger partial charge in [0.05, 0.1) is 36.0 Å². The van der Waals surface area contributed by atoms with Crippen LogP contribution in [0.5, 0.6) is 5.75 Å². The number of anilines is 2. The number of para-hydroxylation sites is 2. The number of allylic oxidation sites excluding steroid dienone is 2. The number of hydrogen-bond acceptors (Lipinski definition) is 9. The lowest BCUT2D eigenvalue weighted by atomic mass is 9.79. The molecule has 3 aromatic rings. The molecule has 2 heterocycles. The van der Waals surface area contributed by atoms with E-state index in [0.29, 0.717) is 50.2 Å². The van der Waals surface area contributed by atoms with Crippen molar-refractivity contribution in [2.24, 2.45) is 0 Å². The van der Waals surface area contributed by atoms with Crippen LogP contribution in [0.2, 0.25) is 0 Å². The fourth-order valence-corrected chi connectivity index (χ4v) is 5.11. The highest BCUT2D eigenvalue weighted by Gasteiger charge is 2.39. The molecule has 0 unspecified atom stereocenters. The summed E-state index contributed by atoms with van der Waals surface area (Å²) in [5.41, 5.74) is 4.56. The molecule has 192 valence electrons. The predicted molar refractivity (Wildman–Crippen MR) is 143 cm³/mol. The van der Waals surface area contributed by atoms with Gasteiger partial charge in [-0.3, -0.25) is 0 Å². The van der Waals surface area contributed by atoms with E-state index < -0.39 is 17.9 Å². The molecule has 0 saturated carbocycles. The van der Waals surface area contributed by atoms with Crippen LogP contribution in [0, 0.1) is 0 Å². The first-order valence-corrected chi connectivity index (χ1v) is 12.9. The number of thiazole rings is 1. The molecule has 1 aliphatic rings. The zero-order valence-corrected chi connectivity index (χ0v) is 21.9. The van der Waals surface area contributed by atoms with Gasteiger partial charge in [-0.05, 0) is 51.5 Å². The van der Waals surface area contributed by atoms with Gasteiger partial charge >= 0.3 is 11.9 Å².